The van der Waals surface area contributed by atoms with E-state index in [1.165, 1.54) is 11.3 Å². The van der Waals surface area contributed by atoms with Gasteiger partial charge in [-0.05, 0) is 153 Å². The van der Waals surface area contributed by atoms with Gasteiger partial charge in [0.05, 0.1) is 28.5 Å². The molecule has 17 heteroatoms. The van der Waals surface area contributed by atoms with Crippen LogP contribution in [0.5, 0.6) is 11.5 Å². The Morgan fingerprint density at radius 1 is 0.580 bits per heavy atom. The van der Waals surface area contributed by atoms with E-state index in [0.29, 0.717) is 124 Å². The van der Waals surface area contributed by atoms with Crippen LogP contribution in [0.15, 0.2) is 42.5 Å². The number of fused-ring (bicyclic) bond motifs is 2. The number of thiophene rings is 1. The fraction of sp³-hybridized carbons (Fsp3) is 0.558. The minimum absolute atomic E-state index is 0.00107. The van der Waals surface area contributed by atoms with Crippen molar-refractivity contribution in [1.82, 2.24) is 15.6 Å². The molecule has 4 aliphatic carbocycles. The molecule has 15 nitrogen and oxygen atoms in total. The molecule has 2 heterocycles. The Morgan fingerprint density at radius 2 is 1.06 bits per heavy atom. The van der Waals surface area contributed by atoms with Gasteiger partial charge in [0.25, 0.3) is 0 Å². The van der Waals surface area contributed by atoms with E-state index in [4.69, 9.17) is 23.9 Å². The number of nitrogens with zero attached hydrogens (tertiary/aromatic N) is 1. The Morgan fingerprint density at radius 3 is 1.62 bits per heavy atom. The third-order valence-corrected chi connectivity index (χ3v) is 17.1. The first-order valence-electron chi connectivity index (χ1n) is 24.5. The second kappa shape index (κ2) is 22.5. The summed E-state index contributed by atoms with van der Waals surface area (Å²) in [5, 5.41) is 7.27. The van der Waals surface area contributed by atoms with E-state index in [2.05, 4.69) is 16.7 Å². The molecule has 4 aliphatic rings. The van der Waals surface area contributed by atoms with Gasteiger partial charge in [-0.3, -0.25) is 38.4 Å². The molecule has 8 rings (SSSR count). The van der Waals surface area contributed by atoms with Crippen LogP contribution >= 0.6 is 22.7 Å². The molecular weight excluding hydrogens is 923 g/mol. The highest BCUT2D eigenvalue weighted by atomic mass is 32.1. The second-order valence-electron chi connectivity index (χ2n) is 19.4. The van der Waals surface area contributed by atoms with Crippen molar-refractivity contribution in [1.29, 1.82) is 0 Å². The molecule has 0 saturated heterocycles. The summed E-state index contributed by atoms with van der Waals surface area (Å²) in [6.45, 7) is 4.57. The number of thiazole rings is 1. The molecule has 0 spiro atoms. The highest BCUT2D eigenvalue weighted by Crippen LogP contribution is 2.45. The van der Waals surface area contributed by atoms with Gasteiger partial charge in [-0.1, -0.05) is 18.2 Å². The molecule has 2 aromatic carbocycles. The van der Waals surface area contributed by atoms with E-state index >= 15 is 0 Å². The number of aromatic nitrogens is 1. The normalized spacial score (nSPS) is 25.4. The van der Waals surface area contributed by atoms with Gasteiger partial charge in [0.1, 0.15) is 26.8 Å². The fourth-order valence-corrected chi connectivity index (χ4v) is 12.6. The van der Waals surface area contributed by atoms with Crippen LogP contribution in [0.4, 0.5) is 0 Å². The molecule has 0 radical (unpaired) electrons. The number of nitrogens with one attached hydrogen (secondary N) is 2. The van der Waals surface area contributed by atoms with Gasteiger partial charge in [0, 0.05) is 28.4 Å². The van der Waals surface area contributed by atoms with Crippen molar-refractivity contribution in [3.8, 4) is 21.4 Å². The van der Waals surface area contributed by atoms with Crippen molar-refractivity contribution in [3.63, 3.8) is 0 Å². The molecule has 368 valence electrons. The molecular formula is C52H61N3O12S2. The first kappa shape index (κ1) is 49.9. The summed E-state index contributed by atoms with van der Waals surface area (Å²) >= 11 is 2.92. The fourth-order valence-electron chi connectivity index (χ4n) is 10.4. The lowest BCUT2D eigenvalue weighted by molar-refractivity contribution is -0.158. The first-order chi connectivity index (χ1) is 33.2. The molecule has 2 aromatic heterocycles. The van der Waals surface area contributed by atoms with Crippen molar-refractivity contribution < 1.29 is 57.3 Å². The van der Waals surface area contributed by atoms with E-state index in [1.54, 1.807) is 44.2 Å². The highest BCUT2D eigenvalue weighted by molar-refractivity contribution is 7.28. The smallest absolute Gasteiger partial charge is 0.314 e. The van der Waals surface area contributed by atoms with Crippen molar-refractivity contribution in [2.24, 2.45) is 47.3 Å². The van der Waals surface area contributed by atoms with Crippen LogP contribution in [-0.4, -0.2) is 65.2 Å². The molecule has 4 aromatic rings. The molecule has 69 heavy (non-hydrogen) atoms. The lowest BCUT2D eigenvalue weighted by atomic mass is 9.80. The maximum atomic E-state index is 13.7. The number of Topliss-reactive ketones (excluding diaryl/α,β-unsaturated/α-hetero) is 2. The minimum atomic E-state index is -0.810. The van der Waals surface area contributed by atoms with Gasteiger partial charge in [0.2, 0.25) is 11.8 Å². The molecule has 0 aliphatic heterocycles. The largest absolute Gasteiger partial charge is 0.444 e. The number of hydrogen-bond acceptors (Lipinski definition) is 15. The molecule has 4 saturated carbocycles. The lowest BCUT2D eigenvalue weighted by Gasteiger charge is -2.29. The third-order valence-electron chi connectivity index (χ3n) is 14.8. The summed E-state index contributed by atoms with van der Waals surface area (Å²) in [6.07, 6.45) is 7.77. The maximum Gasteiger partial charge on any atom is 0.314 e. The third kappa shape index (κ3) is 12.3. The summed E-state index contributed by atoms with van der Waals surface area (Å²) in [6, 6.07) is 13.3. The van der Waals surface area contributed by atoms with E-state index in [-0.39, 0.29) is 83.3 Å². The highest BCUT2D eigenvalue weighted by Gasteiger charge is 2.36. The van der Waals surface area contributed by atoms with Gasteiger partial charge in [-0.25, -0.2) is 4.98 Å². The number of ketones is 2. The van der Waals surface area contributed by atoms with E-state index in [0.717, 1.165) is 15.0 Å². The second-order valence-corrected chi connectivity index (χ2v) is 21.5. The number of rotatable bonds is 15. The summed E-state index contributed by atoms with van der Waals surface area (Å²) in [4.78, 5) is 108. The zero-order chi connectivity index (χ0) is 48.8. The van der Waals surface area contributed by atoms with Crippen molar-refractivity contribution in [2.75, 3.05) is 6.73 Å². The Balaban J connectivity index is 0.847. The average Bonchev–Trinajstić information content (AvgIpc) is 4.01. The maximum absolute atomic E-state index is 13.7. The zero-order valence-corrected chi connectivity index (χ0v) is 41.1. The number of ether oxygens (including phenoxy) is 4. The summed E-state index contributed by atoms with van der Waals surface area (Å²) in [7, 11) is 0. The lowest BCUT2D eigenvalue weighted by Crippen LogP contribution is -2.42. The van der Waals surface area contributed by atoms with Gasteiger partial charge in [-0.15, -0.1) is 22.7 Å². The Bertz CT molecular complexity index is 2540. The average molecular weight is 984 g/mol. The monoisotopic (exact) mass is 983 g/mol. The first-order valence-corrected chi connectivity index (χ1v) is 26.2. The Kier molecular flexibility index (Phi) is 16.2. The standard InChI is InChI=1S/C52H61N3O12S2/c1-28(56)31-8-16-35(17-9-31)49(60)64-27-53-46(58)33-12-20-38(21-13-33)52(63)67-41-25-24-40(44-45(41)69-48(55-44)43-26-39-6-4-5-7-42(39)68-43)66-51(62)37-22-14-34(15-23-37)47(59)54-30(3)65-50(61)36-18-10-32(11-19-36)29(2)57/h4-7,24-26,30-38H,8-23,27H2,1-3H3,(H,53,58)(H,54,59). The number of esters is 4. The van der Waals surface area contributed by atoms with Gasteiger partial charge < -0.3 is 29.6 Å². The quantitative estimate of drug-likeness (QED) is 0.0648. The van der Waals surface area contributed by atoms with Crippen molar-refractivity contribution in [3.05, 3.63) is 42.5 Å². The predicted molar refractivity (Wildman–Crippen MR) is 258 cm³/mol. The molecule has 2 N–H and O–H groups in total. The molecule has 4 fully saturated rings. The number of amides is 2. The van der Waals surface area contributed by atoms with Crippen LogP contribution in [0.2, 0.25) is 0 Å². The number of benzene rings is 2. The van der Waals surface area contributed by atoms with Crippen LogP contribution in [0, 0.1) is 47.3 Å². The van der Waals surface area contributed by atoms with Crippen LogP contribution in [-0.2, 0) is 47.8 Å². The van der Waals surface area contributed by atoms with Crippen LogP contribution in [0.3, 0.4) is 0 Å². The minimum Gasteiger partial charge on any atom is -0.444 e. The van der Waals surface area contributed by atoms with E-state index < -0.39 is 30.0 Å². The Labute approximate surface area is 409 Å². The van der Waals surface area contributed by atoms with Gasteiger partial charge in [-0.2, -0.15) is 0 Å². The molecule has 0 bridgehead atoms. The van der Waals surface area contributed by atoms with E-state index in [9.17, 15) is 38.4 Å². The van der Waals surface area contributed by atoms with Gasteiger partial charge >= 0.3 is 23.9 Å². The van der Waals surface area contributed by atoms with E-state index in [1.807, 2.05) is 24.3 Å². The number of carbonyl (C=O) groups excluding carboxylic acids is 8. The zero-order valence-electron chi connectivity index (χ0n) is 39.4. The van der Waals surface area contributed by atoms with Gasteiger partial charge in [0.15, 0.2) is 24.5 Å². The SMILES string of the molecule is CC(=O)C1CCC(C(=O)OCNC(=O)C2CCC(C(=O)Oc3ccc(OC(=O)C4CCC(C(=O)NC(C)OC(=O)C5CCC(C(C)=O)CC5)CC4)c4nc(-c5cc6ccccc6s5)sc34)CC2)CC1. The number of carbonyl (C=O) groups is 8. The molecule has 1 atom stereocenters. The van der Waals surface area contributed by atoms with Crippen LogP contribution in [0.25, 0.3) is 30.2 Å². The summed E-state index contributed by atoms with van der Waals surface area (Å²) in [5.41, 5.74) is 0.388. The van der Waals surface area contributed by atoms with Crippen molar-refractivity contribution >= 4 is 90.2 Å². The molecule has 2 amide bonds. The Hall–Kier alpha value is -5.55. The van der Waals surface area contributed by atoms with Crippen LogP contribution < -0.4 is 20.1 Å². The van der Waals surface area contributed by atoms with Crippen LogP contribution in [0.1, 0.15) is 124 Å². The number of hydrogen-bond donors (Lipinski definition) is 2. The summed E-state index contributed by atoms with van der Waals surface area (Å²) in [5.74, 6) is -3.40. The van der Waals surface area contributed by atoms with Crippen molar-refractivity contribution in [2.45, 2.75) is 130 Å². The predicted octanol–water partition coefficient (Wildman–Crippen LogP) is 9.01. The topological polar surface area (TPSA) is 210 Å². The summed E-state index contributed by atoms with van der Waals surface area (Å²) < 4.78 is 24.7. The molecule has 1 unspecified atom stereocenters.